The first kappa shape index (κ1) is 11.0. The van der Waals surface area contributed by atoms with Crippen LogP contribution in [0, 0.1) is 5.41 Å². The van der Waals surface area contributed by atoms with Gasteiger partial charge in [0.15, 0.2) is 5.12 Å². The molecule has 0 heterocycles. The van der Waals surface area contributed by atoms with E-state index >= 15 is 0 Å². The SMILES string of the molecule is CCCSC(=O)C(C)(C)CO. The molecule has 0 spiro atoms. The van der Waals surface area contributed by atoms with Gasteiger partial charge in [0.2, 0.25) is 0 Å². The Kier molecular flexibility index (Phi) is 4.77. The molecule has 0 atom stereocenters. The zero-order chi connectivity index (χ0) is 8.91. The van der Waals surface area contributed by atoms with E-state index in [-0.39, 0.29) is 11.7 Å². The van der Waals surface area contributed by atoms with Crippen LogP contribution < -0.4 is 0 Å². The summed E-state index contributed by atoms with van der Waals surface area (Å²) in [6.45, 7) is 5.49. The molecule has 0 rings (SSSR count). The lowest BCUT2D eigenvalue weighted by molar-refractivity contribution is -0.119. The van der Waals surface area contributed by atoms with E-state index in [1.165, 1.54) is 11.8 Å². The third-order valence-electron chi connectivity index (χ3n) is 1.39. The Hall–Kier alpha value is -0.0200. The van der Waals surface area contributed by atoms with Crippen LogP contribution in [0.2, 0.25) is 0 Å². The predicted molar refractivity (Wildman–Crippen MR) is 48.6 cm³/mol. The van der Waals surface area contributed by atoms with E-state index in [0.717, 1.165) is 12.2 Å². The molecule has 0 aromatic heterocycles. The maximum atomic E-state index is 11.3. The molecule has 0 fully saturated rings. The van der Waals surface area contributed by atoms with Crippen molar-refractivity contribution in [1.29, 1.82) is 0 Å². The van der Waals surface area contributed by atoms with Crippen molar-refractivity contribution in [2.75, 3.05) is 12.4 Å². The van der Waals surface area contributed by atoms with Gasteiger partial charge in [-0.3, -0.25) is 4.79 Å². The van der Waals surface area contributed by atoms with Gasteiger partial charge in [-0.1, -0.05) is 18.7 Å². The van der Waals surface area contributed by atoms with Crippen molar-refractivity contribution in [2.45, 2.75) is 27.2 Å². The third-order valence-corrected chi connectivity index (χ3v) is 2.81. The van der Waals surface area contributed by atoms with Crippen molar-refractivity contribution >= 4 is 16.9 Å². The zero-order valence-corrected chi connectivity index (χ0v) is 8.20. The average molecular weight is 176 g/mol. The van der Waals surface area contributed by atoms with Gasteiger partial charge in [-0.05, 0) is 20.3 Å². The summed E-state index contributed by atoms with van der Waals surface area (Å²) in [5, 5.41) is 8.91. The number of hydrogen-bond donors (Lipinski definition) is 1. The van der Waals surface area contributed by atoms with Gasteiger partial charge in [0.25, 0.3) is 0 Å². The number of carbonyl (C=O) groups is 1. The molecule has 0 radical (unpaired) electrons. The third kappa shape index (κ3) is 3.77. The standard InChI is InChI=1S/C8H16O2S/c1-4-5-11-7(10)8(2,3)6-9/h9H,4-6H2,1-3H3. The van der Waals surface area contributed by atoms with Crippen LogP contribution in [-0.4, -0.2) is 22.6 Å². The summed E-state index contributed by atoms with van der Waals surface area (Å²) < 4.78 is 0. The summed E-state index contributed by atoms with van der Waals surface area (Å²) in [6, 6.07) is 0. The van der Waals surface area contributed by atoms with Crippen LogP contribution in [0.25, 0.3) is 0 Å². The van der Waals surface area contributed by atoms with Crippen molar-refractivity contribution < 1.29 is 9.90 Å². The normalized spacial score (nSPS) is 11.6. The summed E-state index contributed by atoms with van der Waals surface area (Å²) in [6.07, 6.45) is 0.998. The fraction of sp³-hybridized carbons (Fsp3) is 0.875. The molecule has 1 N–H and O–H groups in total. The number of hydrogen-bond acceptors (Lipinski definition) is 3. The molecule has 0 saturated heterocycles. The summed E-state index contributed by atoms with van der Waals surface area (Å²) in [4.78, 5) is 11.3. The Morgan fingerprint density at radius 2 is 2.09 bits per heavy atom. The molecule has 0 aromatic carbocycles. The molecule has 3 heteroatoms. The van der Waals surface area contributed by atoms with Gasteiger partial charge in [-0.2, -0.15) is 0 Å². The lowest BCUT2D eigenvalue weighted by atomic mass is 9.97. The topological polar surface area (TPSA) is 37.3 Å². The largest absolute Gasteiger partial charge is 0.395 e. The number of aliphatic hydroxyl groups is 1. The smallest absolute Gasteiger partial charge is 0.196 e. The van der Waals surface area contributed by atoms with Gasteiger partial charge in [0.1, 0.15) is 0 Å². The van der Waals surface area contributed by atoms with Crippen LogP contribution in [0.1, 0.15) is 27.2 Å². The maximum Gasteiger partial charge on any atom is 0.196 e. The summed E-state index contributed by atoms with van der Waals surface area (Å²) in [7, 11) is 0. The Bertz CT molecular complexity index is 132. The lowest BCUT2D eigenvalue weighted by Crippen LogP contribution is -2.25. The number of rotatable bonds is 4. The van der Waals surface area contributed by atoms with Crippen LogP contribution in [-0.2, 0) is 4.79 Å². The first-order valence-electron chi connectivity index (χ1n) is 3.82. The van der Waals surface area contributed by atoms with Gasteiger partial charge in [0.05, 0.1) is 12.0 Å². The van der Waals surface area contributed by atoms with Crippen molar-refractivity contribution in [3.05, 3.63) is 0 Å². The minimum atomic E-state index is -0.570. The molecule has 0 aromatic rings. The van der Waals surface area contributed by atoms with E-state index in [0.29, 0.717) is 0 Å². The highest BCUT2D eigenvalue weighted by Gasteiger charge is 2.26. The predicted octanol–water partition coefficient (Wildman–Crippen LogP) is 1.67. The van der Waals surface area contributed by atoms with Gasteiger partial charge >= 0.3 is 0 Å². The fourth-order valence-corrected chi connectivity index (χ4v) is 1.30. The van der Waals surface area contributed by atoms with Crippen LogP contribution in [0.5, 0.6) is 0 Å². The second kappa shape index (κ2) is 4.78. The van der Waals surface area contributed by atoms with Crippen LogP contribution in [0.4, 0.5) is 0 Å². The molecule has 0 aliphatic carbocycles. The molecule has 0 aliphatic heterocycles. The molecular formula is C8H16O2S. The van der Waals surface area contributed by atoms with Gasteiger partial charge in [-0.15, -0.1) is 0 Å². The average Bonchev–Trinajstić information content (AvgIpc) is 2.00. The minimum Gasteiger partial charge on any atom is -0.395 e. The molecule has 0 bridgehead atoms. The van der Waals surface area contributed by atoms with E-state index in [1.54, 1.807) is 13.8 Å². The van der Waals surface area contributed by atoms with Crippen molar-refractivity contribution in [3.8, 4) is 0 Å². The Morgan fingerprint density at radius 1 is 1.55 bits per heavy atom. The van der Waals surface area contributed by atoms with Crippen LogP contribution in [0.3, 0.4) is 0 Å². The first-order chi connectivity index (χ1) is 5.04. The van der Waals surface area contributed by atoms with E-state index in [4.69, 9.17) is 5.11 Å². The quantitative estimate of drug-likeness (QED) is 0.708. The highest BCUT2D eigenvalue weighted by molar-refractivity contribution is 8.13. The summed E-state index contributed by atoms with van der Waals surface area (Å²) >= 11 is 1.31. The maximum absolute atomic E-state index is 11.3. The van der Waals surface area contributed by atoms with Gasteiger partial charge in [-0.25, -0.2) is 0 Å². The summed E-state index contributed by atoms with van der Waals surface area (Å²) in [5.74, 6) is 0.849. The highest BCUT2D eigenvalue weighted by Crippen LogP contribution is 2.23. The van der Waals surface area contributed by atoms with E-state index in [2.05, 4.69) is 0 Å². The Morgan fingerprint density at radius 3 is 2.45 bits per heavy atom. The van der Waals surface area contributed by atoms with Gasteiger partial charge < -0.3 is 5.11 Å². The van der Waals surface area contributed by atoms with Crippen LogP contribution in [0.15, 0.2) is 0 Å². The van der Waals surface area contributed by atoms with E-state index in [9.17, 15) is 4.79 Å². The van der Waals surface area contributed by atoms with E-state index in [1.807, 2.05) is 6.92 Å². The Labute approximate surface area is 72.4 Å². The molecule has 0 unspecified atom stereocenters. The molecule has 2 nitrogen and oxygen atoms in total. The van der Waals surface area contributed by atoms with Crippen LogP contribution >= 0.6 is 11.8 Å². The van der Waals surface area contributed by atoms with E-state index < -0.39 is 5.41 Å². The molecular weight excluding hydrogens is 160 g/mol. The number of aliphatic hydroxyl groups excluding tert-OH is 1. The van der Waals surface area contributed by atoms with Crippen molar-refractivity contribution in [1.82, 2.24) is 0 Å². The molecule has 0 amide bonds. The minimum absolute atomic E-state index is 0.0669. The van der Waals surface area contributed by atoms with Crippen molar-refractivity contribution in [2.24, 2.45) is 5.41 Å². The second-order valence-corrected chi connectivity index (χ2v) is 4.25. The molecule has 0 aliphatic rings. The highest BCUT2D eigenvalue weighted by atomic mass is 32.2. The lowest BCUT2D eigenvalue weighted by Gasteiger charge is -2.18. The molecule has 0 saturated carbocycles. The molecule has 11 heavy (non-hydrogen) atoms. The first-order valence-corrected chi connectivity index (χ1v) is 4.81. The van der Waals surface area contributed by atoms with Crippen molar-refractivity contribution in [3.63, 3.8) is 0 Å². The monoisotopic (exact) mass is 176 g/mol. The summed E-state index contributed by atoms with van der Waals surface area (Å²) in [5.41, 5.74) is -0.570. The number of thioether (sulfide) groups is 1. The molecule has 66 valence electrons. The number of carbonyl (C=O) groups excluding carboxylic acids is 1. The Balaban J connectivity index is 3.82. The van der Waals surface area contributed by atoms with Gasteiger partial charge in [0, 0.05) is 5.75 Å². The zero-order valence-electron chi connectivity index (χ0n) is 7.39. The second-order valence-electron chi connectivity index (χ2n) is 3.18. The fourth-order valence-electron chi connectivity index (χ4n) is 0.455.